The van der Waals surface area contributed by atoms with Crippen LogP contribution in [0.1, 0.15) is 48.2 Å². The second-order valence-corrected chi connectivity index (χ2v) is 6.48. The highest BCUT2D eigenvalue weighted by atomic mass is 16.2. The molecule has 2 N–H and O–H groups in total. The minimum atomic E-state index is -0.516. The highest BCUT2D eigenvalue weighted by molar-refractivity contribution is 5.92. The fourth-order valence-corrected chi connectivity index (χ4v) is 3.32. The highest BCUT2D eigenvalue weighted by Gasteiger charge is 2.28. The van der Waals surface area contributed by atoms with Crippen molar-refractivity contribution in [2.75, 3.05) is 0 Å². The standard InChI is InChI=1S/C18H23N5O2/c19-17(24)13-22-12-16(20-21-22)18(25)23(15-9-5-2-6-10-15)11-14-7-3-1-4-8-14/h1,3-4,7-8,12,15H,2,5-6,9-11,13H2,(H2,19,24). The molecule has 1 fully saturated rings. The second kappa shape index (κ2) is 7.92. The Morgan fingerprint density at radius 1 is 1.16 bits per heavy atom. The summed E-state index contributed by atoms with van der Waals surface area (Å²) in [6, 6.07) is 10.2. The molecule has 1 saturated carbocycles. The van der Waals surface area contributed by atoms with Crippen LogP contribution in [0.5, 0.6) is 0 Å². The quantitative estimate of drug-likeness (QED) is 0.866. The molecule has 1 aromatic carbocycles. The van der Waals surface area contributed by atoms with E-state index in [9.17, 15) is 9.59 Å². The van der Waals surface area contributed by atoms with Crippen LogP contribution in [-0.2, 0) is 17.9 Å². The molecule has 0 aliphatic heterocycles. The first-order chi connectivity index (χ1) is 12.1. The summed E-state index contributed by atoms with van der Waals surface area (Å²) in [6.45, 7) is 0.468. The Hall–Kier alpha value is -2.70. The van der Waals surface area contributed by atoms with Gasteiger partial charge in [-0.25, -0.2) is 4.68 Å². The number of aromatic nitrogens is 3. The SMILES string of the molecule is NC(=O)Cn1cc(C(=O)N(Cc2ccccc2)C2CCCCC2)nn1. The number of carbonyl (C=O) groups is 2. The number of rotatable bonds is 6. The molecular weight excluding hydrogens is 318 g/mol. The van der Waals surface area contributed by atoms with Crippen molar-refractivity contribution in [2.45, 2.75) is 51.2 Å². The van der Waals surface area contributed by atoms with Gasteiger partial charge in [0, 0.05) is 12.6 Å². The average molecular weight is 341 g/mol. The summed E-state index contributed by atoms with van der Waals surface area (Å²) in [7, 11) is 0. The number of nitrogens with two attached hydrogens (primary N) is 1. The van der Waals surface area contributed by atoms with E-state index in [0.717, 1.165) is 31.2 Å². The molecule has 7 nitrogen and oxygen atoms in total. The van der Waals surface area contributed by atoms with Gasteiger partial charge in [0.1, 0.15) is 6.54 Å². The van der Waals surface area contributed by atoms with Gasteiger partial charge in [-0.05, 0) is 18.4 Å². The van der Waals surface area contributed by atoms with Crippen LogP contribution in [0.25, 0.3) is 0 Å². The molecule has 0 bridgehead atoms. The van der Waals surface area contributed by atoms with Crippen molar-refractivity contribution >= 4 is 11.8 Å². The molecule has 1 heterocycles. The third-order valence-corrected chi connectivity index (χ3v) is 4.55. The van der Waals surface area contributed by atoms with Crippen molar-refractivity contribution in [1.29, 1.82) is 0 Å². The van der Waals surface area contributed by atoms with Crippen molar-refractivity contribution in [3.05, 3.63) is 47.8 Å². The lowest BCUT2D eigenvalue weighted by Crippen LogP contribution is -2.41. The van der Waals surface area contributed by atoms with Gasteiger partial charge >= 0.3 is 0 Å². The average Bonchev–Trinajstić information content (AvgIpc) is 3.08. The summed E-state index contributed by atoms with van der Waals surface area (Å²) in [5.41, 5.74) is 6.51. The van der Waals surface area contributed by atoms with Crippen LogP contribution in [0.15, 0.2) is 36.5 Å². The summed E-state index contributed by atoms with van der Waals surface area (Å²) < 4.78 is 1.30. The van der Waals surface area contributed by atoms with Gasteiger partial charge in [-0.3, -0.25) is 9.59 Å². The van der Waals surface area contributed by atoms with E-state index < -0.39 is 5.91 Å². The molecule has 0 saturated heterocycles. The van der Waals surface area contributed by atoms with Gasteiger partial charge < -0.3 is 10.6 Å². The van der Waals surface area contributed by atoms with E-state index in [2.05, 4.69) is 10.3 Å². The fourth-order valence-electron chi connectivity index (χ4n) is 3.32. The zero-order chi connectivity index (χ0) is 17.6. The molecule has 0 radical (unpaired) electrons. The van der Waals surface area contributed by atoms with Crippen LogP contribution in [0.3, 0.4) is 0 Å². The smallest absolute Gasteiger partial charge is 0.276 e. The van der Waals surface area contributed by atoms with E-state index in [1.165, 1.54) is 17.3 Å². The van der Waals surface area contributed by atoms with Gasteiger partial charge in [-0.2, -0.15) is 0 Å². The Morgan fingerprint density at radius 3 is 2.56 bits per heavy atom. The lowest BCUT2D eigenvalue weighted by Gasteiger charge is -2.34. The van der Waals surface area contributed by atoms with Crippen LogP contribution in [0.2, 0.25) is 0 Å². The number of nitrogens with zero attached hydrogens (tertiary/aromatic N) is 4. The molecule has 0 spiro atoms. The lowest BCUT2D eigenvalue weighted by molar-refractivity contribution is -0.118. The molecule has 1 aromatic heterocycles. The molecule has 3 rings (SSSR count). The third-order valence-electron chi connectivity index (χ3n) is 4.55. The summed E-state index contributed by atoms with van der Waals surface area (Å²) in [4.78, 5) is 25.9. The highest BCUT2D eigenvalue weighted by Crippen LogP contribution is 2.25. The van der Waals surface area contributed by atoms with Gasteiger partial charge in [0.05, 0.1) is 6.20 Å². The number of carbonyl (C=O) groups excluding carboxylic acids is 2. The van der Waals surface area contributed by atoms with Crippen LogP contribution >= 0.6 is 0 Å². The molecular formula is C18H23N5O2. The normalized spacial score (nSPS) is 15.0. The maximum absolute atomic E-state index is 13.0. The predicted molar refractivity (Wildman–Crippen MR) is 92.4 cm³/mol. The lowest BCUT2D eigenvalue weighted by atomic mass is 9.93. The van der Waals surface area contributed by atoms with Crippen LogP contribution in [-0.4, -0.2) is 37.7 Å². The third kappa shape index (κ3) is 4.43. The summed E-state index contributed by atoms with van der Waals surface area (Å²) >= 11 is 0. The second-order valence-electron chi connectivity index (χ2n) is 6.48. The Morgan fingerprint density at radius 2 is 1.88 bits per heavy atom. The minimum absolute atomic E-state index is 0.0810. The fraction of sp³-hybridized carbons (Fsp3) is 0.444. The Kier molecular flexibility index (Phi) is 5.42. The largest absolute Gasteiger partial charge is 0.368 e. The maximum atomic E-state index is 13.0. The zero-order valence-corrected chi connectivity index (χ0v) is 14.2. The van der Waals surface area contributed by atoms with E-state index in [0.29, 0.717) is 6.54 Å². The van der Waals surface area contributed by atoms with E-state index in [1.54, 1.807) is 0 Å². The van der Waals surface area contributed by atoms with Crippen molar-refractivity contribution in [3.8, 4) is 0 Å². The predicted octanol–water partition coefficient (Wildman–Crippen LogP) is 1.74. The first-order valence-corrected chi connectivity index (χ1v) is 8.67. The molecule has 2 amide bonds. The van der Waals surface area contributed by atoms with Crippen LogP contribution in [0, 0.1) is 0 Å². The van der Waals surface area contributed by atoms with Gasteiger partial charge in [0.25, 0.3) is 5.91 Å². The van der Waals surface area contributed by atoms with Crippen molar-refractivity contribution < 1.29 is 9.59 Å². The number of benzene rings is 1. The van der Waals surface area contributed by atoms with Gasteiger partial charge in [-0.15, -0.1) is 5.10 Å². The number of hydrogen-bond donors (Lipinski definition) is 1. The van der Waals surface area contributed by atoms with Crippen molar-refractivity contribution in [3.63, 3.8) is 0 Å². The van der Waals surface area contributed by atoms with E-state index >= 15 is 0 Å². The minimum Gasteiger partial charge on any atom is -0.368 e. The van der Waals surface area contributed by atoms with Gasteiger partial charge in [-0.1, -0.05) is 54.8 Å². The Labute approximate surface area is 146 Å². The Balaban J connectivity index is 1.80. The topological polar surface area (TPSA) is 94.1 Å². The molecule has 25 heavy (non-hydrogen) atoms. The van der Waals surface area contributed by atoms with E-state index in [-0.39, 0.29) is 24.2 Å². The molecule has 1 aliphatic rings. The zero-order valence-electron chi connectivity index (χ0n) is 14.2. The van der Waals surface area contributed by atoms with Gasteiger partial charge in [0.15, 0.2) is 5.69 Å². The molecule has 1 aliphatic carbocycles. The summed E-state index contributed by atoms with van der Waals surface area (Å²) in [6.07, 6.45) is 7.00. The summed E-state index contributed by atoms with van der Waals surface area (Å²) in [5.74, 6) is -0.663. The first-order valence-electron chi connectivity index (χ1n) is 8.67. The molecule has 0 atom stereocenters. The molecule has 132 valence electrons. The van der Waals surface area contributed by atoms with Crippen molar-refractivity contribution in [2.24, 2.45) is 5.73 Å². The Bertz CT molecular complexity index is 722. The number of primary amides is 1. The molecule has 2 aromatic rings. The summed E-state index contributed by atoms with van der Waals surface area (Å²) in [5, 5.41) is 7.77. The monoisotopic (exact) mass is 341 g/mol. The van der Waals surface area contributed by atoms with Crippen LogP contribution in [0.4, 0.5) is 0 Å². The maximum Gasteiger partial charge on any atom is 0.276 e. The van der Waals surface area contributed by atoms with E-state index in [1.807, 2.05) is 35.2 Å². The molecule has 0 unspecified atom stereocenters. The number of amides is 2. The number of hydrogen-bond acceptors (Lipinski definition) is 4. The first kappa shape index (κ1) is 17.1. The van der Waals surface area contributed by atoms with Gasteiger partial charge in [0.2, 0.25) is 5.91 Å². The van der Waals surface area contributed by atoms with E-state index in [4.69, 9.17) is 5.73 Å². The van der Waals surface area contributed by atoms with Crippen molar-refractivity contribution in [1.82, 2.24) is 19.9 Å². The molecule has 7 heteroatoms. The van der Waals surface area contributed by atoms with Crippen LogP contribution < -0.4 is 5.73 Å².